The molecule has 17 heavy (non-hydrogen) atoms. The van der Waals surface area contributed by atoms with Crippen LogP contribution in [0.3, 0.4) is 0 Å². The third-order valence-electron chi connectivity index (χ3n) is 3.40. The van der Waals surface area contributed by atoms with E-state index in [-0.39, 0.29) is 11.8 Å². The summed E-state index contributed by atoms with van der Waals surface area (Å²) in [5.41, 5.74) is 0.940. The second kappa shape index (κ2) is 4.87. The number of aromatic nitrogens is 2. The number of imidazole rings is 1. The SMILES string of the molecule is CC1(c2ncc(CCC(=O)O)[nH]2)CCOCC1. The predicted molar refractivity (Wildman–Crippen MR) is 61.9 cm³/mol. The van der Waals surface area contributed by atoms with Crippen LogP contribution in [0, 0.1) is 0 Å². The Balaban J connectivity index is 2.03. The molecule has 0 unspecified atom stereocenters. The van der Waals surface area contributed by atoms with Gasteiger partial charge in [-0.05, 0) is 19.3 Å². The molecule has 94 valence electrons. The third kappa shape index (κ3) is 2.85. The number of carbonyl (C=O) groups is 1. The highest BCUT2D eigenvalue weighted by molar-refractivity contribution is 5.66. The number of nitrogens with zero attached hydrogens (tertiary/aromatic N) is 1. The Bertz CT molecular complexity index is 394. The Labute approximate surface area is 100 Å². The van der Waals surface area contributed by atoms with Gasteiger partial charge >= 0.3 is 5.97 Å². The molecule has 0 saturated carbocycles. The van der Waals surface area contributed by atoms with Crippen molar-refractivity contribution in [3.05, 3.63) is 17.7 Å². The number of hydrogen-bond acceptors (Lipinski definition) is 3. The molecule has 1 fully saturated rings. The average molecular weight is 238 g/mol. The zero-order valence-corrected chi connectivity index (χ0v) is 10.0. The number of ether oxygens (including phenoxy) is 1. The smallest absolute Gasteiger partial charge is 0.303 e. The average Bonchev–Trinajstić information content (AvgIpc) is 2.76. The molecule has 0 spiro atoms. The number of hydrogen-bond donors (Lipinski definition) is 2. The van der Waals surface area contributed by atoms with Crippen LogP contribution in [-0.4, -0.2) is 34.3 Å². The first kappa shape index (κ1) is 12.1. The van der Waals surface area contributed by atoms with Crippen molar-refractivity contribution >= 4 is 5.97 Å². The molecule has 2 rings (SSSR count). The lowest BCUT2D eigenvalue weighted by Crippen LogP contribution is -2.31. The lowest BCUT2D eigenvalue weighted by Gasteiger charge is -2.31. The molecule has 5 heteroatoms. The fourth-order valence-corrected chi connectivity index (χ4v) is 2.09. The molecule has 0 aliphatic carbocycles. The maximum atomic E-state index is 10.5. The minimum Gasteiger partial charge on any atom is -0.481 e. The summed E-state index contributed by atoms with van der Waals surface area (Å²) >= 11 is 0. The van der Waals surface area contributed by atoms with Crippen LogP contribution in [0.15, 0.2) is 6.20 Å². The van der Waals surface area contributed by atoms with Gasteiger partial charge in [0, 0.05) is 30.5 Å². The number of aromatic amines is 1. The highest BCUT2D eigenvalue weighted by Crippen LogP contribution is 2.32. The van der Waals surface area contributed by atoms with E-state index in [1.807, 2.05) is 0 Å². The summed E-state index contributed by atoms with van der Waals surface area (Å²) in [6.07, 6.45) is 4.31. The molecule has 0 bridgehead atoms. The molecule has 2 N–H and O–H groups in total. The van der Waals surface area contributed by atoms with Crippen LogP contribution >= 0.6 is 0 Å². The molecule has 5 nitrogen and oxygen atoms in total. The number of aliphatic carboxylic acids is 1. The number of nitrogens with one attached hydrogen (secondary N) is 1. The Morgan fingerprint density at radius 1 is 1.59 bits per heavy atom. The van der Waals surface area contributed by atoms with E-state index in [1.54, 1.807) is 6.20 Å². The van der Waals surface area contributed by atoms with E-state index in [4.69, 9.17) is 9.84 Å². The van der Waals surface area contributed by atoms with Crippen molar-refractivity contribution in [1.82, 2.24) is 9.97 Å². The maximum Gasteiger partial charge on any atom is 0.303 e. The predicted octanol–water partition coefficient (Wildman–Crippen LogP) is 1.50. The molecular formula is C12H18N2O3. The highest BCUT2D eigenvalue weighted by atomic mass is 16.5. The summed E-state index contributed by atoms with van der Waals surface area (Å²) in [6, 6.07) is 0. The summed E-state index contributed by atoms with van der Waals surface area (Å²) in [5, 5.41) is 8.63. The van der Waals surface area contributed by atoms with E-state index in [0.717, 1.165) is 37.6 Å². The van der Waals surface area contributed by atoms with Crippen molar-refractivity contribution in [2.45, 2.75) is 38.0 Å². The molecule has 1 aliphatic heterocycles. The van der Waals surface area contributed by atoms with E-state index >= 15 is 0 Å². The van der Waals surface area contributed by atoms with Crippen molar-refractivity contribution in [2.24, 2.45) is 0 Å². The first-order valence-electron chi connectivity index (χ1n) is 5.94. The molecule has 2 heterocycles. The summed E-state index contributed by atoms with van der Waals surface area (Å²) in [4.78, 5) is 18.1. The van der Waals surface area contributed by atoms with Crippen molar-refractivity contribution < 1.29 is 14.6 Å². The van der Waals surface area contributed by atoms with Crippen LogP contribution in [0.25, 0.3) is 0 Å². The molecular weight excluding hydrogens is 220 g/mol. The van der Waals surface area contributed by atoms with Gasteiger partial charge in [0.2, 0.25) is 0 Å². The summed E-state index contributed by atoms with van der Waals surface area (Å²) in [7, 11) is 0. The topological polar surface area (TPSA) is 75.2 Å². The molecule has 1 aromatic heterocycles. The Morgan fingerprint density at radius 3 is 2.94 bits per heavy atom. The second-order valence-electron chi connectivity index (χ2n) is 4.82. The Morgan fingerprint density at radius 2 is 2.29 bits per heavy atom. The Kier molecular flexibility index (Phi) is 3.47. The quantitative estimate of drug-likeness (QED) is 0.833. The standard InChI is InChI=1S/C12H18N2O3/c1-12(4-6-17-7-5-12)11-13-8-9(14-11)2-3-10(15)16/h8H,2-7H2,1H3,(H,13,14)(H,15,16). The summed E-state index contributed by atoms with van der Waals surface area (Å²) in [6.45, 7) is 3.71. The van der Waals surface area contributed by atoms with Crippen molar-refractivity contribution in [2.75, 3.05) is 13.2 Å². The molecule has 1 saturated heterocycles. The van der Waals surface area contributed by atoms with Gasteiger partial charge in [0.1, 0.15) is 5.82 Å². The minimum atomic E-state index is -0.779. The van der Waals surface area contributed by atoms with Gasteiger partial charge in [-0.15, -0.1) is 0 Å². The minimum absolute atomic E-state index is 0.0414. The molecule has 0 radical (unpaired) electrons. The van der Waals surface area contributed by atoms with Gasteiger partial charge in [-0.1, -0.05) is 6.92 Å². The zero-order valence-electron chi connectivity index (χ0n) is 10.0. The lowest BCUT2D eigenvalue weighted by molar-refractivity contribution is -0.136. The van der Waals surface area contributed by atoms with E-state index in [9.17, 15) is 4.79 Å². The number of rotatable bonds is 4. The van der Waals surface area contributed by atoms with Crippen molar-refractivity contribution in [3.8, 4) is 0 Å². The maximum absolute atomic E-state index is 10.5. The number of H-pyrrole nitrogens is 1. The highest BCUT2D eigenvalue weighted by Gasteiger charge is 2.32. The van der Waals surface area contributed by atoms with Gasteiger partial charge in [-0.2, -0.15) is 0 Å². The summed E-state index contributed by atoms with van der Waals surface area (Å²) < 4.78 is 5.35. The van der Waals surface area contributed by atoms with Gasteiger partial charge in [0.05, 0.1) is 6.42 Å². The number of carboxylic acid groups (broad SMARTS) is 1. The van der Waals surface area contributed by atoms with Crippen LogP contribution in [0.5, 0.6) is 0 Å². The van der Waals surface area contributed by atoms with E-state index < -0.39 is 5.97 Å². The van der Waals surface area contributed by atoms with Crippen molar-refractivity contribution in [1.29, 1.82) is 0 Å². The first-order valence-corrected chi connectivity index (χ1v) is 5.94. The van der Waals surface area contributed by atoms with Gasteiger partial charge in [-0.25, -0.2) is 4.98 Å². The number of carboxylic acids is 1. The summed E-state index contributed by atoms with van der Waals surface area (Å²) in [5.74, 6) is 0.180. The van der Waals surface area contributed by atoms with E-state index in [0.29, 0.717) is 6.42 Å². The van der Waals surface area contributed by atoms with Crippen LogP contribution in [-0.2, 0) is 21.4 Å². The second-order valence-corrected chi connectivity index (χ2v) is 4.82. The number of aryl methyl sites for hydroxylation is 1. The molecule has 1 aromatic rings. The van der Waals surface area contributed by atoms with Crippen LogP contribution < -0.4 is 0 Å². The molecule has 0 amide bonds. The lowest BCUT2D eigenvalue weighted by atomic mass is 9.82. The van der Waals surface area contributed by atoms with E-state index in [2.05, 4.69) is 16.9 Å². The third-order valence-corrected chi connectivity index (χ3v) is 3.40. The monoisotopic (exact) mass is 238 g/mol. The normalized spacial score (nSPS) is 19.1. The van der Waals surface area contributed by atoms with Crippen LogP contribution in [0.1, 0.15) is 37.7 Å². The molecule has 1 aliphatic rings. The van der Waals surface area contributed by atoms with Crippen LogP contribution in [0.4, 0.5) is 0 Å². The fourth-order valence-electron chi connectivity index (χ4n) is 2.09. The van der Waals surface area contributed by atoms with Crippen molar-refractivity contribution in [3.63, 3.8) is 0 Å². The fraction of sp³-hybridized carbons (Fsp3) is 0.667. The largest absolute Gasteiger partial charge is 0.481 e. The van der Waals surface area contributed by atoms with Gasteiger partial charge in [-0.3, -0.25) is 4.79 Å². The van der Waals surface area contributed by atoms with Gasteiger partial charge in [0.15, 0.2) is 0 Å². The zero-order chi connectivity index (χ0) is 12.3. The molecule has 0 atom stereocenters. The Hall–Kier alpha value is -1.36. The van der Waals surface area contributed by atoms with Gasteiger partial charge < -0.3 is 14.8 Å². The van der Waals surface area contributed by atoms with E-state index in [1.165, 1.54) is 0 Å². The van der Waals surface area contributed by atoms with Crippen LogP contribution in [0.2, 0.25) is 0 Å². The molecule has 0 aromatic carbocycles. The first-order chi connectivity index (χ1) is 8.10. The van der Waals surface area contributed by atoms with Gasteiger partial charge in [0.25, 0.3) is 0 Å².